The van der Waals surface area contributed by atoms with Gasteiger partial charge in [-0.3, -0.25) is 14.8 Å². The van der Waals surface area contributed by atoms with Crippen molar-refractivity contribution < 1.29 is 9.53 Å². The second-order valence-corrected chi connectivity index (χ2v) is 6.62. The summed E-state index contributed by atoms with van der Waals surface area (Å²) in [5.41, 5.74) is 4.96. The van der Waals surface area contributed by atoms with Gasteiger partial charge < -0.3 is 9.72 Å². The number of aromatic amines is 1. The summed E-state index contributed by atoms with van der Waals surface area (Å²) in [5.74, 6) is 0. The second-order valence-electron chi connectivity index (χ2n) is 5.71. The summed E-state index contributed by atoms with van der Waals surface area (Å²) in [7, 11) is 1.61. The Hall–Kier alpha value is -2.57. The van der Waals surface area contributed by atoms with Gasteiger partial charge in [-0.05, 0) is 40.2 Å². The fraction of sp³-hybridized carbons (Fsp3) is 0.105. The first kappa shape index (κ1) is 15.9. The largest absolute Gasteiger partial charge is 0.380 e. The van der Waals surface area contributed by atoms with Crippen molar-refractivity contribution in [1.82, 2.24) is 15.0 Å². The molecule has 1 aromatic carbocycles. The molecule has 6 heteroatoms. The molecule has 4 rings (SSSR count). The Morgan fingerprint density at radius 1 is 1.16 bits per heavy atom. The fourth-order valence-corrected chi connectivity index (χ4v) is 3.31. The average molecular weight is 396 g/mol. The zero-order chi connectivity index (χ0) is 17.4. The third kappa shape index (κ3) is 2.73. The van der Waals surface area contributed by atoms with Gasteiger partial charge in [0.25, 0.3) is 0 Å². The van der Waals surface area contributed by atoms with Gasteiger partial charge >= 0.3 is 0 Å². The van der Waals surface area contributed by atoms with Crippen molar-refractivity contribution in [3.05, 3.63) is 58.5 Å². The molecule has 0 aliphatic carbocycles. The van der Waals surface area contributed by atoms with Crippen molar-refractivity contribution in [3.63, 3.8) is 0 Å². The Balaban J connectivity index is 2.00. The molecule has 0 fully saturated rings. The topological polar surface area (TPSA) is 67.9 Å². The molecular weight excluding hydrogens is 382 g/mol. The summed E-state index contributed by atoms with van der Waals surface area (Å²) >= 11 is 3.41. The zero-order valence-electron chi connectivity index (χ0n) is 13.4. The van der Waals surface area contributed by atoms with Gasteiger partial charge in [0.2, 0.25) is 0 Å². The molecule has 1 N–H and O–H groups in total. The number of fused-ring (bicyclic) bond motifs is 3. The highest BCUT2D eigenvalue weighted by Gasteiger charge is 2.15. The van der Waals surface area contributed by atoms with Crippen LogP contribution < -0.4 is 0 Å². The lowest BCUT2D eigenvalue weighted by molar-refractivity contribution is 0.111. The summed E-state index contributed by atoms with van der Waals surface area (Å²) in [6.07, 6.45) is 4.24. The predicted octanol–water partition coefficient (Wildman–Crippen LogP) is 4.50. The highest BCUT2D eigenvalue weighted by molar-refractivity contribution is 9.10. The van der Waals surface area contributed by atoms with E-state index in [2.05, 4.69) is 36.9 Å². The van der Waals surface area contributed by atoms with E-state index in [-0.39, 0.29) is 0 Å². The van der Waals surface area contributed by atoms with Crippen LogP contribution in [0.1, 0.15) is 16.1 Å². The third-order valence-corrected chi connectivity index (χ3v) is 4.66. The maximum atomic E-state index is 11.4. The van der Waals surface area contributed by atoms with Crippen LogP contribution >= 0.6 is 15.9 Å². The number of ether oxygens (including phenoxy) is 1. The van der Waals surface area contributed by atoms with E-state index >= 15 is 0 Å². The Morgan fingerprint density at radius 3 is 2.76 bits per heavy atom. The number of aldehydes is 1. The minimum atomic E-state index is 0.326. The molecule has 124 valence electrons. The molecule has 0 aliphatic heterocycles. The van der Waals surface area contributed by atoms with Crippen molar-refractivity contribution in [2.24, 2.45) is 0 Å². The zero-order valence-corrected chi connectivity index (χ0v) is 15.0. The maximum Gasteiger partial charge on any atom is 0.168 e. The van der Waals surface area contributed by atoms with Crippen molar-refractivity contribution in [1.29, 1.82) is 0 Å². The highest BCUT2D eigenvalue weighted by atomic mass is 79.9. The van der Waals surface area contributed by atoms with Crippen LogP contribution in [0.4, 0.5) is 0 Å². The van der Waals surface area contributed by atoms with Gasteiger partial charge in [-0.1, -0.05) is 6.07 Å². The summed E-state index contributed by atoms with van der Waals surface area (Å²) < 4.78 is 6.23. The van der Waals surface area contributed by atoms with Crippen LogP contribution in [0.5, 0.6) is 0 Å². The molecule has 25 heavy (non-hydrogen) atoms. The number of hydrogen-bond donors (Lipinski definition) is 1. The van der Waals surface area contributed by atoms with Crippen LogP contribution in [-0.2, 0) is 11.3 Å². The second kappa shape index (κ2) is 6.38. The van der Waals surface area contributed by atoms with Crippen LogP contribution in [0.2, 0.25) is 0 Å². The predicted molar refractivity (Wildman–Crippen MR) is 101 cm³/mol. The average Bonchev–Trinajstić information content (AvgIpc) is 3.01. The highest BCUT2D eigenvalue weighted by Crippen LogP contribution is 2.32. The first-order chi connectivity index (χ1) is 12.2. The Kier molecular flexibility index (Phi) is 4.07. The number of hydrogen-bond acceptors (Lipinski definition) is 4. The van der Waals surface area contributed by atoms with Crippen LogP contribution in [0, 0.1) is 0 Å². The number of halogens is 1. The minimum absolute atomic E-state index is 0.326. The van der Waals surface area contributed by atoms with Gasteiger partial charge in [-0.15, -0.1) is 0 Å². The number of H-pyrrole nitrogens is 1. The molecule has 0 spiro atoms. The molecule has 3 heterocycles. The van der Waals surface area contributed by atoms with E-state index in [0.29, 0.717) is 12.3 Å². The number of carbonyl (C=O) groups is 1. The van der Waals surface area contributed by atoms with Gasteiger partial charge in [0.1, 0.15) is 5.69 Å². The van der Waals surface area contributed by atoms with Gasteiger partial charge in [0.05, 0.1) is 24.0 Å². The van der Waals surface area contributed by atoms with Crippen LogP contribution in [0.3, 0.4) is 0 Å². The summed E-state index contributed by atoms with van der Waals surface area (Å²) in [4.78, 5) is 23.4. The van der Waals surface area contributed by atoms with Gasteiger partial charge in [0.15, 0.2) is 6.29 Å². The van der Waals surface area contributed by atoms with E-state index < -0.39 is 0 Å². The fourth-order valence-electron chi connectivity index (χ4n) is 3.07. The lowest BCUT2D eigenvalue weighted by Crippen LogP contribution is -1.98. The Morgan fingerprint density at radius 2 is 2.04 bits per heavy atom. The molecule has 0 atom stereocenters. The number of aromatic nitrogens is 3. The molecule has 3 aromatic heterocycles. The van der Waals surface area contributed by atoms with E-state index in [1.807, 2.05) is 24.3 Å². The standard InChI is InChI=1S/C19H14BrN3O2/c1-25-10-14-18(9-24)22-8-17-19(14)13-6-11(2-4-16(13)23-17)15-5-3-12(20)7-21-15/h2-9,23H,10H2,1H3. The lowest BCUT2D eigenvalue weighted by Gasteiger charge is -2.06. The molecule has 0 saturated heterocycles. The van der Waals surface area contributed by atoms with Crippen molar-refractivity contribution in [3.8, 4) is 11.3 Å². The molecular formula is C19H14BrN3O2. The number of carbonyl (C=O) groups excluding carboxylic acids is 1. The normalized spacial score (nSPS) is 11.3. The molecule has 0 amide bonds. The van der Waals surface area contributed by atoms with Crippen molar-refractivity contribution in [2.75, 3.05) is 7.11 Å². The Bertz CT molecular complexity index is 1090. The minimum Gasteiger partial charge on any atom is -0.380 e. The Labute approximate surface area is 152 Å². The van der Waals surface area contributed by atoms with E-state index in [1.54, 1.807) is 19.5 Å². The van der Waals surface area contributed by atoms with Crippen molar-refractivity contribution >= 4 is 44.0 Å². The molecule has 0 radical (unpaired) electrons. The van der Waals surface area contributed by atoms with Crippen LogP contribution in [-0.4, -0.2) is 28.3 Å². The van der Waals surface area contributed by atoms with E-state index in [4.69, 9.17) is 4.74 Å². The molecule has 5 nitrogen and oxygen atoms in total. The SMILES string of the molecule is COCc1c(C=O)ncc2[nH]c3ccc(-c4ccc(Br)cn4)cc3c12. The number of nitrogens with one attached hydrogen (secondary N) is 1. The smallest absolute Gasteiger partial charge is 0.168 e. The van der Waals surface area contributed by atoms with Crippen molar-refractivity contribution in [2.45, 2.75) is 6.61 Å². The first-order valence-electron chi connectivity index (χ1n) is 7.70. The van der Waals surface area contributed by atoms with Gasteiger partial charge in [-0.25, -0.2) is 0 Å². The number of rotatable bonds is 4. The number of nitrogens with zero attached hydrogens (tertiary/aromatic N) is 2. The van der Waals surface area contributed by atoms with E-state index in [1.165, 1.54) is 0 Å². The maximum absolute atomic E-state index is 11.4. The monoisotopic (exact) mass is 395 g/mol. The molecule has 0 aliphatic rings. The van der Waals surface area contributed by atoms with Gasteiger partial charge in [-0.2, -0.15) is 0 Å². The lowest BCUT2D eigenvalue weighted by atomic mass is 10.0. The number of pyridine rings is 2. The molecule has 4 aromatic rings. The van der Waals surface area contributed by atoms with E-state index in [0.717, 1.165) is 49.4 Å². The van der Waals surface area contributed by atoms with Gasteiger partial charge in [0, 0.05) is 45.2 Å². The quantitative estimate of drug-likeness (QED) is 0.516. The summed E-state index contributed by atoms with van der Waals surface area (Å²) in [6.45, 7) is 0.326. The van der Waals surface area contributed by atoms with E-state index in [9.17, 15) is 4.79 Å². The third-order valence-electron chi connectivity index (χ3n) is 4.19. The molecule has 0 bridgehead atoms. The van der Waals surface area contributed by atoms with Crippen LogP contribution in [0.15, 0.2) is 47.2 Å². The first-order valence-corrected chi connectivity index (χ1v) is 8.50. The molecule has 0 saturated carbocycles. The number of methoxy groups -OCH3 is 1. The summed E-state index contributed by atoms with van der Waals surface area (Å²) in [5, 5.41) is 1.99. The number of benzene rings is 1. The summed E-state index contributed by atoms with van der Waals surface area (Å²) in [6, 6.07) is 10.1. The van der Waals surface area contributed by atoms with Crippen LogP contribution in [0.25, 0.3) is 33.1 Å². The molecule has 0 unspecified atom stereocenters.